The molecule has 1 N–H and O–H groups in total. The Morgan fingerprint density at radius 1 is 1.10 bits per heavy atom. The van der Waals surface area contributed by atoms with Crippen LogP contribution in [0.3, 0.4) is 0 Å². The van der Waals surface area contributed by atoms with Crippen LogP contribution in [0.25, 0.3) is 0 Å². The summed E-state index contributed by atoms with van der Waals surface area (Å²) in [7, 11) is 0. The predicted octanol–water partition coefficient (Wildman–Crippen LogP) is 2.58. The normalized spacial score (nSPS) is 19.9. The van der Waals surface area contributed by atoms with Gasteiger partial charge < -0.3 is 5.32 Å². The molecule has 1 fully saturated rings. The minimum atomic E-state index is -0.973. The van der Waals surface area contributed by atoms with Gasteiger partial charge >= 0.3 is 0 Å². The number of halogens is 1. The highest BCUT2D eigenvalue weighted by atomic mass is 79.9. The first-order chi connectivity index (χ1) is 14.3. The van der Waals surface area contributed by atoms with Crippen LogP contribution in [0.2, 0.25) is 0 Å². The molecule has 2 aliphatic rings. The first-order valence-electron chi connectivity index (χ1n) is 9.07. The van der Waals surface area contributed by atoms with Crippen molar-refractivity contribution in [2.45, 2.75) is 19.0 Å². The van der Waals surface area contributed by atoms with Crippen molar-refractivity contribution in [1.29, 1.82) is 0 Å². The molecule has 2 aromatic rings. The number of carbonyl (C=O) groups is 4. The van der Waals surface area contributed by atoms with E-state index in [0.717, 1.165) is 9.37 Å². The van der Waals surface area contributed by atoms with Crippen molar-refractivity contribution in [2.24, 2.45) is 10.3 Å². The minimum absolute atomic E-state index is 0.0733. The van der Waals surface area contributed by atoms with Gasteiger partial charge in [-0.15, -0.1) is 0 Å². The highest BCUT2D eigenvalue weighted by Gasteiger charge is 2.55. The Bertz CT molecular complexity index is 1080. The van der Waals surface area contributed by atoms with Crippen molar-refractivity contribution < 1.29 is 19.2 Å². The molecule has 0 bridgehead atoms. The van der Waals surface area contributed by atoms with Crippen LogP contribution in [0.4, 0.5) is 11.4 Å². The van der Waals surface area contributed by atoms with Gasteiger partial charge in [-0.25, -0.2) is 4.90 Å². The van der Waals surface area contributed by atoms with E-state index in [9.17, 15) is 19.2 Å². The maximum absolute atomic E-state index is 12.9. The summed E-state index contributed by atoms with van der Waals surface area (Å²) in [6, 6.07) is 11.3. The lowest BCUT2D eigenvalue weighted by Gasteiger charge is -2.20. The average molecular weight is 470 g/mol. The molecule has 10 heteroatoms. The zero-order valence-corrected chi connectivity index (χ0v) is 17.4. The van der Waals surface area contributed by atoms with E-state index < -0.39 is 29.8 Å². The molecule has 0 unspecified atom stereocenters. The Morgan fingerprint density at radius 2 is 1.83 bits per heavy atom. The lowest BCUT2D eigenvalue weighted by Crippen LogP contribution is -2.43. The number of rotatable bonds is 5. The number of benzene rings is 2. The Labute approximate surface area is 179 Å². The summed E-state index contributed by atoms with van der Waals surface area (Å²) < 4.78 is 0.728. The van der Waals surface area contributed by atoms with E-state index in [4.69, 9.17) is 0 Å². The summed E-state index contributed by atoms with van der Waals surface area (Å²) in [6.07, 6.45) is 0. The predicted molar refractivity (Wildman–Crippen MR) is 111 cm³/mol. The fourth-order valence-electron chi connectivity index (χ4n) is 3.36. The molecule has 3 amide bonds. The maximum Gasteiger partial charge on any atom is 0.263 e. The topological polar surface area (TPSA) is 112 Å². The molecule has 9 nitrogen and oxygen atoms in total. The number of amides is 3. The van der Waals surface area contributed by atoms with Crippen LogP contribution in [-0.4, -0.2) is 47.1 Å². The Kier molecular flexibility index (Phi) is 5.17. The number of Topliss-reactive ketones (excluding diaryl/α,β-unsaturated/α-hetero) is 1. The molecule has 2 aromatic carbocycles. The van der Waals surface area contributed by atoms with Gasteiger partial charge in [0.05, 0.1) is 5.69 Å². The first kappa shape index (κ1) is 19.9. The summed E-state index contributed by atoms with van der Waals surface area (Å²) in [5, 5.41) is 11.7. The fraction of sp³-hybridized carbons (Fsp3) is 0.200. The Morgan fingerprint density at radius 3 is 2.50 bits per heavy atom. The van der Waals surface area contributed by atoms with Crippen molar-refractivity contribution >= 4 is 50.8 Å². The van der Waals surface area contributed by atoms with Gasteiger partial charge in [0.25, 0.3) is 11.8 Å². The SMILES string of the molecule is CC(=O)c1ccc(NC(=O)CN2N=N[C@@H]3C(=O)N(c4cccc(Br)c4)C(=O)[C@@H]32)cc1. The number of fused-ring (bicyclic) bond motifs is 1. The minimum Gasteiger partial charge on any atom is -0.324 e. The van der Waals surface area contributed by atoms with E-state index in [1.54, 1.807) is 48.5 Å². The average Bonchev–Trinajstić information content (AvgIpc) is 3.22. The summed E-state index contributed by atoms with van der Waals surface area (Å²) in [4.78, 5) is 50.5. The molecule has 4 rings (SSSR count). The third-order valence-electron chi connectivity index (χ3n) is 4.81. The van der Waals surface area contributed by atoms with Crippen molar-refractivity contribution in [3.8, 4) is 0 Å². The van der Waals surface area contributed by atoms with Crippen LogP contribution in [0.5, 0.6) is 0 Å². The second-order valence-corrected chi connectivity index (χ2v) is 7.78. The first-order valence-corrected chi connectivity index (χ1v) is 9.86. The molecule has 0 saturated carbocycles. The number of carbonyl (C=O) groups excluding carboxylic acids is 4. The van der Waals surface area contributed by atoms with Crippen LogP contribution >= 0.6 is 15.9 Å². The van der Waals surface area contributed by atoms with E-state index in [0.29, 0.717) is 16.9 Å². The quantitative estimate of drug-likeness (QED) is 0.534. The molecule has 1 saturated heterocycles. The van der Waals surface area contributed by atoms with E-state index in [1.807, 2.05) is 0 Å². The molecule has 0 aliphatic carbocycles. The largest absolute Gasteiger partial charge is 0.324 e. The number of hydrogen-bond acceptors (Lipinski definition) is 7. The number of anilines is 2. The number of nitrogens with zero attached hydrogens (tertiary/aromatic N) is 4. The van der Waals surface area contributed by atoms with Gasteiger partial charge in [0.1, 0.15) is 6.54 Å². The fourth-order valence-corrected chi connectivity index (χ4v) is 3.75. The van der Waals surface area contributed by atoms with Gasteiger partial charge in [0.15, 0.2) is 17.9 Å². The van der Waals surface area contributed by atoms with Crippen molar-refractivity contribution in [3.05, 3.63) is 58.6 Å². The molecular weight excluding hydrogens is 454 g/mol. The van der Waals surface area contributed by atoms with Gasteiger partial charge in [-0.2, -0.15) is 5.11 Å². The smallest absolute Gasteiger partial charge is 0.263 e. The number of hydrogen-bond donors (Lipinski definition) is 1. The summed E-state index contributed by atoms with van der Waals surface area (Å²) in [6.45, 7) is 1.21. The van der Waals surface area contributed by atoms with Gasteiger partial charge in [0, 0.05) is 15.7 Å². The molecule has 152 valence electrons. The molecular formula is C20H16BrN5O4. The summed E-state index contributed by atoms with van der Waals surface area (Å²) >= 11 is 3.33. The van der Waals surface area contributed by atoms with Gasteiger partial charge in [-0.05, 0) is 49.4 Å². The summed E-state index contributed by atoms with van der Waals surface area (Å²) in [5.74, 6) is -1.46. The number of nitrogens with one attached hydrogen (secondary N) is 1. The third-order valence-corrected chi connectivity index (χ3v) is 5.30. The Balaban J connectivity index is 1.46. The molecule has 0 spiro atoms. The molecule has 2 heterocycles. The molecule has 30 heavy (non-hydrogen) atoms. The molecule has 2 atom stereocenters. The van der Waals surface area contributed by atoms with Gasteiger partial charge in [-0.1, -0.05) is 27.2 Å². The van der Waals surface area contributed by atoms with Crippen LogP contribution in [0.1, 0.15) is 17.3 Å². The van der Waals surface area contributed by atoms with Crippen LogP contribution in [0, 0.1) is 0 Å². The summed E-state index contributed by atoms with van der Waals surface area (Å²) in [5.41, 5.74) is 1.47. The highest BCUT2D eigenvalue weighted by Crippen LogP contribution is 2.32. The van der Waals surface area contributed by atoms with Crippen LogP contribution < -0.4 is 10.2 Å². The van der Waals surface area contributed by atoms with E-state index in [2.05, 4.69) is 31.6 Å². The zero-order chi connectivity index (χ0) is 21.4. The van der Waals surface area contributed by atoms with E-state index in [-0.39, 0.29) is 12.3 Å². The van der Waals surface area contributed by atoms with Gasteiger partial charge in [-0.3, -0.25) is 24.2 Å². The van der Waals surface area contributed by atoms with Crippen LogP contribution in [0.15, 0.2) is 63.3 Å². The molecule has 0 aromatic heterocycles. The Hall–Kier alpha value is -3.40. The van der Waals surface area contributed by atoms with Crippen LogP contribution in [-0.2, 0) is 14.4 Å². The highest BCUT2D eigenvalue weighted by molar-refractivity contribution is 9.10. The maximum atomic E-state index is 12.9. The van der Waals surface area contributed by atoms with Crippen molar-refractivity contribution in [1.82, 2.24) is 5.01 Å². The van der Waals surface area contributed by atoms with E-state index in [1.165, 1.54) is 11.9 Å². The van der Waals surface area contributed by atoms with Crippen molar-refractivity contribution in [3.63, 3.8) is 0 Å². The molecule has 2 aliphatic heterocycles. The van der Waals surface area contributed by atoms with Gasteiger partial charge in [0.2, 0.25) is 5.91 Å². The van der Waals surface area contributed by atoms with E-state index >= 15 is 0 Å². The standard InChI is InChI=1S/C20H16BrN5O4/c1-11(27)12-5-7-14(8-6-12)22-16(28)10-25-18-17(23-24-25)19(29)26(20(18)30)15-4-2-3-13(21)9-15/h2-9,17-18H,10H2,1H3,(H,22,28)/t17-,18+/m0/s1. The monoisotopic (exact) mass is 469 g/mol. The molecule has 0 radical (unpaired) electrons. The third kappa shape index (κ3) is 3.61. The second-order valence-electron chi connectivity index (χ2n) is 6.87. The lowest BCUT2D eigenvalue weighted by molar-refractivity contribution is -0.123. The number of imide groups is 1. The number of ketones is 1. The van der Waals surface area contributed by atoms with Crippen molar-refractivity contribution in [2.75, 3.05) is 16.8 Å². The second kappa shape index (κ2) is 7.79. The zero-order valence-electron chi connectivity index (χ0n) is 15.8. The lowest BCUT2D eigenvalue weighted by atomic mass is 10.1.